The molecule has 0 unspecified atom stereocenters. The summed E-state index contributed by atoms with van der Waals surface area (Å²) in [4.78, 5) is 0. The molecule has 1 fully saturated rings. The second-order valence-electron chi connectivity index (χ2n) is 3.88. The summed E-state index contributed by atoms with van der Waals surface area (Å²) in [6.07, 6.45) is 5.66. The number of sulfone groups is 1. The lowest BCUT2D eigenvalue weighted by molar-refractivity contribution is 0.613. The molecule has 3 rings (SSSR count). The van der Waals surface area contributed by atoms with Crippen molar-refractivity contribution in [3.05, 3.63) is 34.8 Å². The lowest BCUT2D eigenvalue weighted by Crippen LogP contribution is -2.00. The van der Waals surface area contributed by atoms with Crippen molar-refractivity contribution in [2.24, 2.45) is 0 Å². The van der Waals surface area contributed by atoms with Crippen molar-refractivity contribution in [3.63, 3.8) is 0 Å². The fourth-order valence-electron chi connectivity index (χ4n) is 1.75. The molecule has 1 saturated carbocycles. The van der Waals surface area contributed by atoms with Gasteiger partial charge in [0.1, 0.15) is 0 Å². The third-order valence-electron chi connectivity index (χ3n) is 2.63. The molecule has 0 N–H and O–H groups in total. The number of nitrogens with zero attached hydrogens (tertiary/aromatic N) is 2. The Morgan fingerprint density at radius 2 is 2.20 bits per heavy atom. The normalized spacial score (nSPS) is 23.1. The van der Waals surface area contributed by atoms with Gasteiger partial charge in [0.15, 0.2) is 9.84 Å². The van der Waals surface area contributed by atoms with Gasteiger partial charge in [-0.05, 0) is 25.0 Å². The number of rotatable bonds is 2. The Morgan fingerprint density at radius 3 is 2.80 bits per heavy atom. The average molecular weight is 222 g/mol. The van der Waals surface area contributed by atoms with Crippen LogP contribution in [0.25, 0.3) is 5.70 Å². The van der Waals surface area contributed by atoms with Gasteiger partial charge in [0.2, 0.25) is 0 Å². The third-order valence-corrected chi connectivity index (χ3v) is 3.71. The minimum Gasteiger partial charge on any atom is -0.237 e. The maximum atomic E-state index is 11.2. The highest BCUT2D eigenvalue weighted by Gasteiger charge is 2.28. The molecule has 0 amide bonds. The van der Waals surface area contributed by atoms with Gasteiger partial charge >= 0.3 is 0 Å². The fourth-order valence-corrected chi connectivity index (χ4v) is 2.67. The lowest BCUT2D eigenvalue weighted by Gasteiger charge is -2.04. The van der Waals surface area contributed by atoms with E-state index in [1.165, 1.54) is 23.7 Å². The van der Waals surface area contributed by atoms with Crippen molar-refractivity contribution in [2.45, 2.75) is 18.8 Å². The van der Waals surface area contributed by atoms with Gasteiger partial charge in [0.05, 0.1) is 11.1 Å². The maximum Gasteiger partial charge on any atom is 0.195 e. The molecule has 1 aliphatic carbocycles. The van der Waals surface area contributed by atoms with Crippen LogP contribution in [-0.4, -0.2) is 18.2 Å². The number of aromatic nitrogens is 2. The first-order valence-electron chi connectivity index (χ1n) is 4.85. The van der Waals surface area contributed by atoms with Crippen LogP contribution in [0.4, 0.5) is 0 Å². The van der Waals surface area contributed by atoms with Gasteiger partial charge in [-0.25, -0.2) is 13.1 Å². The third kappa shape index (κ3) is 1.52. The smallest absolute Gasteiger partial charge is 0.195 e. The minimum absolute atomic E-state index is 0.560. The summed E-state index contributed by atoms with van der Waals surface area (Å²) < 4.78 is 24.2. The van der Waals surface area contributed by atoms with E-state index in [0.717, 1.165) is 5.69 Å². The zero-order valence-electron chi connectivity index (χ0n) is 8.00. The predicted molar refractivity (Wildman–Crippen MR) is 56.5 cm³/mol. The van der Waals surface area contributed by atoms with Crippen molar-refractivity contribution in [2.75, 3.05) is 0 Å². The summed E-state index contributed by atoms with van der Waals surface area (Å²) in [6, 6.07) is 1.96. The van der Waals surface area contributed by atoms with Gasteiger partial charge < -0.3 is 0 Å². The molecule has 5 heteroatoms. The largest absolute Gasteiger partial charge is 0.237 e. The van der Waals surface area contributed by atoms with E-state index in [0.29, 0.717) is 11.6 Å². The molecule has 1 aromatic heterocycles. The molecule has 4 nitrogen and oxygen atoms in total. The first-order valence-corrected chi connectivity index (χ1v) is 6.46. The van der Waals surface area contributed by atoms with Gasteiger partial charge in [-0.2, -0.15) is 5.10 Å². The predicted octanol–water partition coefficient (Wildman–Crippen LogP) is 1.50. The summed E-state index contributed by atoms with van der Waals surface area (Å²) in [5, 5.41) is 6.62. The van der Waals surface area contributed by atoms with Crippen LogP contribution < -0.4 is 0 Å². The standard InChI is InChI=1S/C10H10N2O2S/c13-15(14)6-4-9(7-15)12-10(3-5-11-12)8-1-2-8/h3-8H,1-2H2. The SMILES string of the molecule is O=S1(=O)C=CC(n2nccc2C2CC2)=C1. The van der Waals surface area contributed by atoms with Crippen molar-refractivity contribution < 1.29 is 8.42 Å². The van der Waals surface area contributed by atoms with Crippen LogP contribution in [0.5, 0.6) is 0 Å². The first kappa shape index (κ1) is 8.91. The van der Waals surface area contributed by atoms with Crippen LogP contribution >= 0.6 is 0 Å². The van der Waals surface area contributed by atoms with E-state index in [2.05, 4.69) is 5.10 Å². The van der Waals surface area contributed by atoms with E-state index >= 15 is 0 Å². The molecular weight excluding hydrogens is 212 g/mol. The van der Waals surface area contributed by atoms with Crippen LogP contribution in [0.3, 0.4) is 0 Å². The topological polar surface area (TPSA) is 52.0 Å². The summed E-state index contributed by atoms with van der Waals surface area (Å²) in [5.41, 5.74) is 1.75. The van der Waals surface area contributed by atoms with Crippen LogP contribution in [0.1, 0.15) is 24.5 Å². The van der Waals surface area contributed by atoms with E-state index in [-0.39, 0.29) is 0 Å². The molecule has 0 radical (unpaired) electrons. The fraction of sp³-hybridized carbons (Fsp3) is 0.300. The highest BCUT2D eigenvalue weighted by Crippen LogP contribution is 2.40. The van der Waals surface area contributed by atoms with Crippen molar-refractivity contribution in [3.8, 4) is 0 Å². The van der Waals surface area contributed by atoms with Crippen molar-refractivity contribution >= 4 is 15.5 Å². The molecule has 0 atom stereocenters. The quantitative estimate of drug-likeness (QED) is 0.762. The summed E-state index contributed by atoms with van der Waals surface area (Å²) in [7, 11) is -3.15. The van der Waals surface area contributed by atoms with Gasteiger partial charge in [-0.15, -0.1) is 0 Å². The molecule has 15 heavy (non-hydrogen) atoms. The van der Waals surface area contributed by atoms with Crippen LogP contribution in [0, 0.1) is 0 Å². The van der Waals surface area contributed by atoms with Gasteiger partial charge in [-0.3, -0.25) is 0 Å². The Kier molecular flexibility index (Phi) is 1.68. The summed E-state index contributed by atoms with van der Waals surface area (Å²) in [6.45, 7) is 0. The molecular formula is C10H10N2O2S. The van der Waals surface area contributed by atoms with Crippen molar-refractivity contribution in [1.82, 2.24) is 9.78 Å². The Morgan fingerprint density at radius 1 is 1.40 bits per heavy atom. The Bertz CT molecular complexity index is 562. The molecule has 1 aromatic rings. The Hall–Kier alpha value is -1.36. The van der Waals surface area contributed by atoms with Gasteiger partial charge in [-0.1, -0.05) is 0 Å². The van der Waals surface area contributed by atoms with E-state index in [1.807, 2.05) is 6.07 Å². The molecule has 1 aliphatic heterocycles. The van der Waals surface area contributed by atoms with Crippen LogP contribution in [0.2, 0.25) is 0 Å². The highest BCUT2D eigenvalue weighted by molar-refractivity contribution is 7.97. The van der Waals surface area contributed by atoms with E-state index in [1.54, 1.807) is 17.0 Å². The summed E-state index contributed by atoms with van der Waals surface area (Å²) in [5.74, 6) is 0.560. The van der Waals surface area contributed by atoms with Crippen LogP contribution in [0.15, 0.2) is 29.2 Å². The molecule has 0 spiro atoms. The van der Waals surface area contributed by atoms with Crippen LogP contribution in [-0.2, 0) is 9.84 Å². The van der Waals surface area contributed by atoms with Crippen molar-refractivity contribution in [1.29, 1.82) is 0 Å². The summed E-state index contributed by atoms with van der Waals surface area (Å²) >= 11 is 0. The molecule has 2 aliphatic rings. The van der Waals surface area contributed by atoms with E-state index < -0.39 is 9.84 Å². The first-order chi connectivity index (χ1) is 7.16. The Balaban J connectivity index is 2.07. The second-order valence-corrected chi connectivity index (χ2v) is 5.56. The highest BCUT2D eigenvalue weighted by atomic mass is 32.2. The molecule has 0 aromatic carbocycles. The second kappa shape index (κ2) is 2.82. The average Bonchev–Trinajstić information content (AvgIpc) is 2.79. The number of allylic oxidation sites excluding steroid dienone is 2. The molecule has 0 bridgehead atoms. The lowest BCUT2D eigenvalue weighted by atomic mass is 10.3. The zero-order chi connectivity index (χ0) is 10.5. The van der Waals surface area contributed by atoms with E-state index in [4.69, 9.17) is 0 Å². The molecule has 78 valence electrons. The number of hydrogen-bond donors (Lipinski definition) is 0. The molecule has 2 heterocycles. The number of hydrogen-bond acceptors (Lipinski definition) is 3. The molecule has 0 saturated heterocycles. The van der Waals surface area contributed by atoms with E-state index in [9.17, 15) is 8.42 Å². The Labute approximate surface area is 87.8 Å². The monoisotopic (exact) mass is 222 g/mol. The van der Waals surface area contributed by atoms with Gasteiger partial charge in [0, 0.05) is 23.2 Å². The zero-order valence-corrected chi connectivity index (χ0v) is 8.81. The minimum atomic E-state index is -3.15. The maximum absolute atomic E-state index is 11.2. The van der Waals surface area contributed by atoms with Gasteiger partial charge in [0.25, 0.3) is 0 Å².